The van der Waals surface area contributed by atoms with E-state index < -0.39 is 0 Å². The zero-order valence-corrected chi connectivity index (χ0v) is 8.85. The van der Waals surface area contributed by atoms with Crippen LogP contribution in [0.4, 0.5) is 0 Å². The Morgan fingerprint density at radius 1 is 1.60 bits per heavy atom. The van der Waals surface area contributed by atoms with Crippen LogP contribution in [0.2, 0.25) is 0 Å². The third-order valence-corrected chi connectivity index (χ3v) is 2.87. The largest absolute Gasteiger partial charge is 0.468 e. The summed E-state index contributed by atoms with van der Waals surface area (Å²) in [5.41, 5.74) is 0. The topological polar surface area (TPSA) is 48.6 Å². The maximum atomic E-state index is 8.98. The first-order valence-corrected chi connectivity index (χ1v) is 5.48. The molecule has 0 radical (unpaired) electrons. The molecular weight excluding hydrogens is 192 g/mol. The Morgan fingerprint density at radius 2 is 2.53 bits per heavy atom. The van der Waals surface area contributed by atoms with Crippen LogP contribution < -0.4 is 5.32 Å². The molecule has 1 aliphatic heterocycles. The molecular formula is C11H18N2O2. The normalized spacial score (nSPS) is 23.1. The minimum Gasteiger partial charge on any atom is -0.468 e. The van der Waals surface area contributed by atoms with Crippen LogP contribution in [0.3, 0.4) is 0 Å². The van der Waals surface area contributed by atoms with Crippen molar-refractivity contribution < 1.29 is 9.52 Å². The van der Waals surface area contributed by atoms with Crippen molar-refractivity contribution in [1.29, 1.82) is 0 Å². The van der Waals surface area contributed by atoms with Crippen molar-refractivity contribution in [3.63, 3.8) is 0 Å². The minimum atomic E-state index is 0.251. The first-order chi connectivity index (χ1) is 7.40. The highest BCUT2D eigenvalue weighted by Crippen LogP contribution is 2.12. The highest BCUT2D eigenvalue weighted by Gasteiger charge is 2.22. The number of aliphatic hydroxyl groups is 1. The van der Waals surface area contributed by atoms with Crippen LogP contribution in [0.25, 0.3) is 0 Å². The quantitative estimate of drug-likeness (QED) is 0.757. The Hall–Kier alpha value is -0.840. The summed E-state index contributed by atoms with van der Waals surface area (Å²) in [7, 11) is 0. The predicted octanol–water partition coefficient (Wildman–Crippen LogP) is 0.436. The second kappa shape index (κ2) is 5.30. The predicted molar refractivity (Wildman–Crippen MR) is 57.5 cm³/mol. The number of aliphatic hydroxyl groups excluding tert-OH is 1. The molecule has 84 valence electrons. The molecule has 2 heterocycles. The first kappa shape index (κ1) is 10.7. The van der Waals surface area contributed by atoms with Gasteiger partial charge in [-0.3, -0.25) is 4.90 Å². The highest BCUT2D eigenvalue weighted by molar-refractivity contribution is 4.99. The van der Waals surface area contributed by atoms with Gasteiger partial charge in [-0.2, -0.15) is 0 Å². The van der Waals surface area contributed by atoms with E-state index in [0.29, 0.717) is 6.04 Å². The molecule has 1 fully saturated rings. The maximum absolute atomic E-state index is 8.98. The monoisotopic (exact) mass is 210 g/mol. The summed E-state index contributed by atoms with van der Waals surface area (Å²) in [5, 5.41) is 12.3. The molecule has 0 aliphatic carbocycles. The summed E-state index contributed by atoms with van der Waals surface area (Å²) in [6.07, 6.45) is 2.53. The summed E-state index contributed by atoms with van der Waals surface area (Å²) >= 11 is 0. The van der Waals surface area contributed by atoms with E-state index in [0.717, 1.165) is 38.4 Å². The Morgan fingerprint density at radius 3 is 3.27 bits per heavy atom. The summed E-state index contributed by atoms with van der Waals surface area (Å²) in [5.74, 6) is 1.000. The van der Waals surface area contributed by atoms with Crippen LogP contribution in [0, 0.1) is 0 Å². The number of piperazine rings is 1. The lowest BCUT2D eigenvalue weighted by atomic mass is 10.1. The van der Waals surface area contributed by atoms with Crippen LogP contribution in [0.15, 0.2) is 22.8 Å². The second-order valence-electron chi connectivity index (χ2n) is 3.92. The van der Waals surface area contributed by atoms with Gasteiger partial charge in [-0.15, -0.1) is 0 Å². The lowest BCUT2D eigenvalue weighted by Crippen LogP contribution is -2.50. The lowest BCUT2D eigenvalue weighted by Gasteiger charge is -2.35. The summed E-state index contributed by atoms with van der Waals surface area (Å²) in [6.45, 7) is 4.09. The molecule has 15 heavy (non-hydrogen) atoms. The number of hydrogen-bond acceptors (Lipinski definition) is 4. The molecule has 1 aliphatic rings. The third kappa shape index (κ3) is 2.81. The van der Waals surface area contributed by atoms with Crippen molar-refractivity contribution in [3.05, 3.63) is 24.2 Å². The average Bonchev–Trinajstić information content (AvgIpc) is 2.74. The van der Waals surface area contributed by atoms with Gasteiger partial charge in [0.15, 0.2) is 0 Å². The van der Waals surface area contributed by atoms with E-state index >= 15 is 0 Å². The van der Waals surface area contributed by atoms with E-state index in [2.05, 4.69) is 10.2 Å². The SMILES string of the molecule is OCC[C@H]1CNCCN1Cc1ccco1. The van der Waals surface area contributed by atoms with Gasteiger partial charge < -0.3 is 14.8 Å². The maximum Gasteiger partial charge on any atom is 0.117 e. The van der Waals surface area contributed by atoms with Gasteiger partial charge in [0, 0.05) is 32.3 Å². The van der Waals surface area contributed by atoms with E-state index in [1.165, 1.54) is 0 Å². The van der Waals surface area contributed by atoms with Crippen LogP contribution in [-0.2, 0) is 6.54 Å². The molecule has 0 bridgehead atoms. The zero-order chi connectivity index (χ0) is 10.5. The molecule has 1 aromatic heterocycles. The van der Waals surface area contributed by atoms with Gasteiger partial charge >= 0.3 is 0 Å². The fraction of sp³-hybridized carbons (Fsp3) is 0.636. The van der Waals surface area contributed by atoms with E-state index in [4.69, 9.17) is 9.52 Å². The minimum absolute atomic E-state index is 0.251. The molecule has 2 N–H and O–H groups in total. The van der Waals surface area contributed by atoms with Crippen molar-refractivity contribution >= 4 is 0 Å². The number of furan rings is 1. The van der Waals surface area contributed by atoms with Crippen molar-refractivity contribution in [2.24, 2.45) is 0 Å². The number of hydrogen-bond donors (Lipinski definition) is 2. The number of rotatable bonds is 4. The van der Waals surface area contributed by atoms with Crippen molar-refractivity contribution in [2.75, 3.05) is 26.2 Å². The fourth-order valence-electron chi connectivity index (χ4n) is 2.05. The van der Waals surface area contributed by atoms with Crippen LogP contribution in [-0.4, -0.2) is 42.3 Å². The molecule has 0 saturated carbocycles. The smallest absolute Gasteiger partial charge is 0.117 e. The molecule has 1 aromatic rings. The molecule has 0 aromatic carbocycles. The molecule has 2 rings (SSSR count). The Bertz CT molecular complexity index is 272. The first-order valence-electron chi connectivity index (χ1n) is 5.48. The molecule has 0 spiro atoms. The lowest BCUT2D eigenvalue weighted by molar-refractivity contribution is 0.116. The van der Waals surface area contributed by atoms with Crippen LogP contribution >= 0.6 is 0 Å². The average molecular weight is 210 g/mol. The molecule has 0 amide bonds. The van der Waals surface area contributed by atoms with Gasteiger partial charge in [0.05, 0.1) is 12.8 Å². The van der Waals surface area contributed by atoms with Crippen LogP contribution in [0.1, 0.15) is 12.2 Å². The van der Waals surface area contributed by atoms with Gasteiger partial charge in [-0.25, -0.2) is 0 Å². The Balaban J connectivity index is 1.92. The third-order valence-electron chi connectivity index (χ3n) is 2.87. The van der Waals surface area contributed by atoms with Crippen molar-refractivity contribution in [2.45, 2.75) is 19.0 Å². The molecule has 4 heteroatoms. The van der Waals surface area contributed by atoms with Crippen molar-refractivity contribution in [1.82, 2.24) is 10.2 Å². The molecule has 4 nitrogen and oxygen atoms in total. The number of nitrogens with zero attached hydrogens (tertiary/aromatic N) is 1. The van der Waals surface area contributed by atoms with Gasteiger partial charge in [0.1, 0.15) is 5.76 Å². The van der Waals surface area contributed by atoms with Crippen LogP contribution in [0.5, 0.6) is 0 Å². The van der Waals surface area contributed by atoms with Crippen molar-refractivity contribution in [3.8, 4) is 0 Å². The van der Waals surface area contributed by atoms with Gasteiger partial charge in [-0.1, -0.05) is 0 Å². The van der Waals surface area contributed by atoms with Gasteiger partial charge in [0.2, 0.25) is 0 Å². The van der Waals surface area contributed by atoms with E-state index in [9.17, 15) is 0 Å². The summed E-state index contributed by atoms with van der Waals surface area (Å²) in [4.78, 5) is 2.37. The Kier molecular flexibility index (Phi) is 3.77. The summed E-state index contributed by atoms with van der Waals surface area (Å²) < 4.78 is 5.34. The second-order valence-corrected chi connectivity index (χ2v) is 3.92. The van der Waals surface area contributed by atoms with E-state index in [1.807, 2.05) is 12.1 Å². The van der Waals surface area contributed by atoms with E-state index in [1.54, 1.807) is 6.26 Å². The standard InChI is InChI=1S/C11H18N2O2/c14-6-3-10-8-12-4-5-13(10)9-11-2-1-7-15-11/h1-2,7,10,12,14H,3-6,8-9H2/t10-/m0/s1. The highest BCUT2D eigenvalue weighted by atomic mass is 16.3. The molecule has 1 saturated heterocycles. The molecule has 1 atom stereocenters. The van der Waals surface area contributed by atoms with E-state index in [-0.39, 0.29) is 6.61 Å². The van der Waals surface area contributed by atoms with Gasteiger partial charge in [0.25, 0.3) is 0 Å². The van der Waals surface area contributed by atoms with Gasteiger partial charge in [-0.05, 0) is 18.6 Å². The summed E-state index contributed by atoms with van der Waals surface area (Å²) in [6, 6.07) is 4.34. The Labute approximate surface area is 89.9 Å². The zero-order valence-electron chi connectivity index (χ0n) is 8.85. The molecule has 0 unspecified atom stereocenters. The fourth-order valence-corrected chi connectivity index (χ4v) is 2.05. The number of nitrogens with one attached hydrogen (secondary N) is 1.